The van der Waals surface area contributed by atoms with Crippen molar-refractivity contribution in [3.8, 4) is 5.75 Å². The third kappa shape index (κ3) is 3.06. The van der Waals surface area contributed by atoms with Crippen molar-refractivity contribution < 1.29 is 9.53 Å². The van der Waals surface area contributed by atoms with E-state index in [1.807, 2.05) is 12.1 Å². The predicted molar refractivity (Wildman–Crippen MR) is 97.6 cm³/mol. The second kappa shape index (κ2) is 6.95. The van der Waals surface area contributed by atoms with Gasteiger partial charge in [-0.3, -0.25) is 4.79 Å². The summed E-state index contributed by atoms with van der Waals surface area (Å²) in [5.74, 6) is 1.37. The fourth-order valence-corrected chi connectivity index (χ4v) is 4.37. The quantitative estimate of drug-likeness (QED) is 0.847. The van der Waals surface area contributed by atoms with Crippen LogP contribution in [0.2, 0.25) is 0 Å². The van der Waals surface area contributed by atoms with Gasteiger partial charge in [-0.2, -0.15) is 0 Å². The monoisotopic (exact) mass is 338 g/mol. The standard InChI is InChI=1S/C21H26N2O2/c1-25-18-10-5-9-17(15-18)20-19-11-6-12-22(19)13-14-23(20)21(24)16-7-3-2-4-8-16/h5-6,9-12,15-16,20H,2-4,7-8,13-14H2,1H3. The summed E-state index contributed by atoms with van der Waals surface area (Å²) in [6, 6.07) is 12.3. The van der Waals surface area contributed by atoms with E-state index in [-0.39, 0.29) is 12.0 Å². The molecular formula is C21H26N2O2. The van der Waals surface area contributed by atoms with Gasteiger partial charge in [0.05, 0.1) is 13.2 Å². The zero-order valence-electron chi connectivity index (χ0n) is 14.9. The molecule has 0 saturated heterocycles. The lowest BCUT2D eigenvalue weighted by Crippen LogP contribution is -2.45. The minimum atomic E-state index is -0.0201. The van der Waals surface area contributed by atoms with Crippen molar-refractivity contribution in [3.63, 3.8) is 0 Å². The second-order valence-electron chi connectivity index (χ2n) is 7.17. The molecule has 132 valence electrons. The van der Waals surface area contributed by atoms with E-state index in [0.717, 1.165) is 37.2 Å². The highest BCUT2D eigenvalue weighted by atomic mass is 16.5. The van der Waals surface area contributed by atoms with Crippen molar-refractivity contribution in [2.24, 2.45) is 5.92 Å². The fraction of sp³-hybridized carbons (Fsp3) is 0.476. The molecule has 1 unspecified atom stereocenters. The van der Waals surface area contributed by atoms with Gasteiger partial charge in [-0.15, -0.1) is 0 Å². The average Bonchev–Trinajstić information content (AvgIpc) is 3.16. The van der Waals surface area contributed by atoms with Gasteiger partial charge in [0.25, 0.3) is 0 Å². The minimum Gasteiger partial charge on any atom is -0.497 e. The van der Waals surface area contributed by atoms with Gasteiger partial charge >= 0.3 is 0 Å². The molecular weight excluding hydrogens is 312 g/mol. The highest BCUT2D eigenvalue weighted by Gasteiger charge is 2.35. The van der Waals surface area contributed by atoms with Crippen LogP contribution in [-0.2, 0) is 11.3 Å². The third-order valence-electron chi connectivity index (χ3n) is 5.69. The van der Waals surface area contributed by atoms with Crippen molar-refractivity contribution in [2.75, 3.05) is 13.7 Å². The maximum atomic E-state index is 13.3. The molecule has 4 nitrogen and oxygen atoms in total. The van der Waals surface area contributed by atoms with Crippen molar-refractivity contribution in [3.05, 3.63) is 53.9 Å². The summed E-state index contributed by atoms with van der Waals surface area (Å²) in [7, 11) is 1.69. The molecule has 25 heavy (non-hydrogen) atoms. The molecule has 1 aromatic heterocycles. The Hall–Kier alpha value is -2.23. The second-order valence-corrected chi connectivity index (χ2v) is 7.17. The van der Waals surface area contributed by atoms with E-state index in [9.17, 15) is 4.79 Å². The Balaban J connectivity index is 1.71. The minimum absolute atomic E-state index is 0.0201. The number of carbonyl (C=O) groups is 1. The Morgan fingerprint density at radius 1 is 1.08 bits per heavy atom. The van der Waals surface area contributed by atoms with Crippen LogP contribution in [0, 0.1) is 5.92 Å². The van der Waals surface area contributed by atoms with Crippen LogP contribution in [0.5, 0.6) is 5.75 Å². The number of fused-ring (bicyclic) bond motifs is 1. The lowest BCUT2D eigenvalue weighted by molar-refractivity contribution is -0.139. The third-order valence-corrected chi connectivity index (χ3v) is 5.69. The molecule has 1 aliphatic heterocycles. The van der Waals surface area contributed by atoms with E-state index in [4.69, 9.17) is 4.74 Å². The number of carbonyl (C=O) groups excluding carboxylic acids is 1. The Morgan fingerprint density at radius 2 is 1.92 bits per heavy atom. The molecule has 1 saturated carbocycles. The molecule has 2 aromatic rings. The summed E-state index contributed by atoms with van der Waals surface area (Å²) in [5, 5.41) is 0. The van der Waals surface area contributed by atoms with E-state index >= 15 is 0 Å². The molecule has 0 spiro atoms. The summed E-state index contributed by atoms with van der Waals surface area (Å²) < 4.78 is 7.69. The Morgan fingerprint density at radius 3 is 2.72 bits per heavy atom. The van der Waals surface area contributed by atoms with Crippen LogP contribution >= 0.6 is 0 Å². The maximum Gasteiger partial charge on any atom is 0.226 e. The van der Waals surface area contributed by atoms with Gasteiger partial charge in [-0.25, -0.2) is 0 Å². The molecule has 1 aromatic carbocycles. The predicted octanol–water partition coefficient (Wildman–Crippen LogP) is 4.01. The SMILES string of the molecule is COc1cccc(C2c3cccn3CCN2C(=O)C2CCCCC2)c1. The van der Waals surface area contributed by atoms with Crippen LogP contribution in [0.15, 0.2) is 42.6 Å². The first kappa shape index (κ1) is 16.2. The normalized spacial score (nSPS) is 21.0. The van der Waals surface area contributed by atoms with Gasteiger partial charge in [0.2, 0.25) is 5.91 Å². The van der Waals surface area contributed by atoms with Crippen LogP contribution in [0.4, 0.5) is 0 Å². The van der Waals surface area contributed by atoms with Gasteiger partial charge in [-0.05, 0) is 42.7 Å². The topological polar surface area (TPSA) is 34.5 Å². The lowest BCUT2D eigenvalue weighted by atomic mass is 9.87. The number of aromatic nitrogens is 1. The summed E-state index contributed by atoms with van der Waals surface area (Å²) in [6.07, 6.45) is 7.84. The van der Waals surface area contributed by atoms with Crippen molar-refractivity contribution in [2.45, 2.75) is 44.7 Å². The number of amides is 1. The molecule has 0 bridgehead atoms. The van der Waals surface area contributed by atoms with Crippen molar-refractivity contribution in [1.82, 2.24) is 9.47 Å². The van der Waals surface area contributed by atoms with E-state index in [0.29, 0.717) is 5.91 Å². The molecule has 4 rings (SSSR count). The first-order valence-electron chi connectivity index (χ1n) is 9.37. The number of methoxy groups -OCH3 is 1. The van der Waals surface area contributed by atoms with Crippen molar-refractivity contribution >= 4 is 5.91 Å². The summed E-state index contributed by atoms with van der Waals surface area (Å²) in [6.45, 7) is 1.65. The lowest BCUT2D eigenvalue weighted by Gasteiger charge is -2.40. The number of benzene rings is 1. The summed E-state index contributed by atoms with van der Waals surface area (Å²) in [4.78, 5) is 15.4. The van der Waals surface area contributed by atoms with Crippen molar-refractivity contribution in [1.29, 1.82) is 0 Å². The van der Waals surface area contributed by atoms with Gasteiger partial charge in [-0.1, -0.05) is 31.4 Å². The number of hydrogen-bond donors (Lipinski definition) is 0. The highest BCUT2D eigenvalue weighted by Crippen LogP contribution is 2.36. The smallest absolute Gasteiger partial charge is 0.226 e. The molecule has 0 radical (unpaired) electrons. The van der Waals surface area contributed by atoms with E-state index in [1.54, 1.807) is 7.11 Å². The summed E-state index contributed by atoms with van der Waals surface area (Å²) >= 11 is 0. The van der Waals surface area contributed by atoms with Gasteiger partial charge in [0.15, 0.2) is 0 Å². The van der Waals surface area contributed by atoms with Gasteiger partial charge in [0, 0.05) is 30.9 Å². The van der Waals surface area contributed by atoms with Crippen LogP contribution in [0.25, 0.3) is 0 Å². The highest BCUT2D eigenvalue weighted by molar-refractivity contribution is 5.80. The number of nitrogens with zero attached hydrogens (tertiary/aromatic N) is 2. The zero-order chi connectivity index (χ0) is 17.2. The largest absolute Gasteiger partial charge is 0.497 e. The Labute approximate surface area is 149 Å². The molecule has 1 aliphatic carbocycles. The number of rotatable bonds is 3. The molecule has 0 N–H and O–H groups in total. The Kier molecular flexibility index (Phi) is 4.51. The molecule has 1 amide bonds. The van der Waals surface area contributed by atoms with Crippen LogP contribution in [0.3, 0.4) is 0 Å². The molecule has 2 aliphatic rings. The molecule has 1 fully saturated rings. The van der Waals surface area contributed by atoms with Gasteiger partial charge < -0.3 is 14.2 Å². The number of ether oxygens (including phenoxy) is 1. The van der Waals surface area contributed by atoms with Crippen LogP contribution in [0.1, 0.15) is 49.4 Å². The fourth-order valence-electron chi connectivity index (χ4n) is 4.37. The van der Waals surface area contributed by atoms with E-state index in [1.165, 1.54) is 25.0 Å². The van der Waals surface area contributed by atoms with Gasteiger partial charge in [0.1, 0.15) is 5.75 Å². The van der Waals surface area contributed by atoms with Crippen LogP contribution < -0.4 is 4.74 Å². The molecule has 1 atom stereocenters. The summed E-state index contributed by atoms with van der Waals surface area (Å²) in [5.41, 5.74) is 2.33. The van der Waals surface area contributed by atoms with E-state index < -0.39 is 0 Å². The zero-order valence-corrected chi connectivity index (χ0v) is 14.9. The molecule has 2 heterocycles. The van der Waals surface area contributed by atoms with E-state index in [2.05, 4.69) is 39.9 Å². The number of hydrogen-bond acceptors (Lipinski definition) is 2. The first-order valence-corrected chi connectivity index (χ1v) is 9.37. The van der Waals surface area contributed by atoms with Crippen LogP contribution in [-0.4, -0.2) is 29.0 Å². The molecule has 4 heteroatoms. The maximum absolute atomic E-state index is 13.3. The first-order chi connectivity index (χ1) is 12.3. The Bertz CT molecular complexity index is 746. The average molecular weight is 338 g/mol.